The fourth-order valence-corrected chi connectivity index (χ4v) is 4.66. The Kier molecular flexibility index (Phi) is 5.52. The van der Waals surface area contributed by atoms with Crippen LogP contribution in [0.3, 0.4) is 0 Å². The molecule has 1 saturated heterocycles. The fourth-order valence-electron chi connectivity index (χ4n) is 3.69. The third kappa shape index (κ3) is 3.98. The number of thioether (sulfide) groups is 1. The summed E-state index contributed by atoms with van der Waals surface area (Å²) in [5.41, 5.74) is 2.39. The summed E-state index contributed by atoms with van der Waals surface area (Å²) in [5, 5.41) is 1.99. The first-order chi connectivity index (χ1) is 14.8. The molecule has 2 aromatic heterocycles. The van der Waals surface area contributed by atoms with E-state index in [1.165, 1.54) is 0 Å². The minimum absolute atomic E-state index is 0.322. The van der Waals surface area contributed by atoms with Crippen LogP contribution in [0.25, 0.3) is 22.0 Å². The van der Waals surface area contributed by atoms with Crippen LogP contribution in [0.1, 0.15) is 5.82 Å². The molecule has 0 saturated carbocycles. The molecule has 4 aromatic rings. The fraction of sp³-hybridized carbons (Fsp3) is 0.318. The first-order valence-electron chi connectivity index (χ1n) is 10.0. The smallest absolute Gasteiger partial charge is 0.408 e. The molecule has 1 fully saturated rings. The number of morpholine rings is 1. The van der Waals surface area contributed by atoms with Gasteiger partial charge in [-0.05, 0) is 18.2 Å². The van der Waals surface area contributed by atoms with Gasteiger partial charge in [0.2, 0.25) is 0 Å². The van der Waals surface area contributed by atoms with Gasteiger partial charge in [-0.1, -0.05) is 30.3 Å². The first kappa shape index (κ1) is 19.3. The number of oxazole rings is 1. The Bertz CT molecular complexity index is 1230. The van der Waals surface area contributed by atoms with Gasteiger partial charge in [0.25, 0.3) is 0 Å². The zero-order valence-corrected chi connectivity index (χ0v) is 17.3. The van der Waals surface area contributed by atoms with Gasteiger partial charge in [0, 0.05) is 30.8 Å². The number of hydrogen-bond donors (Lipinski definition) is 0. The normalized spacial score (nSPS) is 15.2. The lowest BCUT2D eigenvalue weighted by molar-refractivity contribution is 0.0330. The van der Waals surface area contributed by atoms with Gasteiger partial charge in [0.15, 0.2) is 5.58 Å². The summed E-state index contributed by atoms with van der Waals surface area (Å²) in [6.45, 7) is 4.57. The van der Waals surface area contributed by atoms with E-state index < -0.39 is 0 Å². The number of ether oxygens (including phenoxy) is 1. The molecule has 5 rings (SSSR count). The lowest BCUT2D eigenvalue weighted by Gasteiger charge is -2.25. The Balaban J connectivity index is 1.37. The number of rotatable bonds is 6. The van der Waals surface area contributed by atoms with Crippen LogP contribution in [-0.2, 0) is 17.8 Å². The summed E-state index contributed by atoms with van der Waals surface area (Å²) in [7, 11) is 0. The lowest BCUT2D eigenvalue weighted by Crippen LogP contribution is -2.36. The number of aromatic nitrogens is 3. The highest BCUT2D eigenvalue weighted by Gasteiger charge is 2.15. The van der Waals surface area contributed by atoms with Gasteiger partial charge in [-0.2, -0.15) is 0 Å². The van der Waals surface area contributed by atoms with E-state index in [9.17, 15) is 4.79 Å². The van der Waals surface area contributed by atoms with Crippen molar-refractivity contribution in [2.45, 2.75) is 18.1 Å². The van der Waals surface area contributed by atoms with Gasteiger partial charge in [-0.15, -0.1) is 11.8 Å². The third-order valence-corrected chi connectivity index (χ3v) is 6.18. The molecule has 7 nitrogen and oxygen atoms in total. The van der Waals surface area contributed by atoms with Crippen molar-refractivity contribution in [1.29, 1.82) is 0 Å². The predicted octanol–water partition coefficient (Wildman–Crippen LogP) is 3.16. The highest BCUT2D eigenvalue weighted by Crippen LogP contribution is 2.26. The van der Waals surface area contributed by atoms with Crippen molar-refractivity contribution in [3.05, 3.63) is 64.9 Å². The second-order valence-corrected chi connectivity index (χ2v) is 8.27. The Morgan fingerprint density at radius 3 is 2.70 bits per heavy atom. The maximum Gasteiger partial charge on any atom is 0.419 e. The molecule has 0 aliphatic carbocycles. The van der Waals surface area contributed by atoms with Crippen LogP contribution in [0.4, 0.5) is 0 Å². The number of aryl methyl sites for hydroxylation is 1. The summed E-state index contributed by atoms with van der Waals surface area (Å²) in [5.74, 6) is 1.21. The molecule has 1 aliphatic rings. The number of benzene rings is 2. The van der Waals surface area contributed by atoms with E-state index in [1.54, 1.807) is 16.3 Å². The van der Waals surface area contributed by atoms with Gasteiger partial charge in [0.1, 0.15) is 10.9 Å². The van der Waals surface area contributed by atoms with Gasteiger partial charge in [-0.3, -0.25) is 9.47 Å². The molecule has 0 amide bonds. The molecule has 1 aliphatic heterocycles. The van der Waals surface area contributed by atoms with Crippen LogP contribution >= 0.6 is 11.8 Å². The van der Waals surface area contributed by atoms with E-state index in [0.29, 0.717) is 24.4 Å². The quantitative estimate of drug-likeness (QED) is 0.349. The monoisotopic (exact) mass is 422 g/mol. The summed E-state index contributed by atoms with van der Waals surface area (Å²) in [4.78, 5) is 24.2. The van der Waals surface area contributed by atoms with Crippen LogP contribution in [0.5, 0.6) is 0 Å². The average Bonchev–Trinajstić information content (AvgIpc) is 3.09. The molecule has 2 aromatic carbocycles. The number of hydrogen-bond acceptors (Lipinski definition) is 7. The molecular formula is C22H22N4O3S. The number of fused-ring (bicyclic) bond motifs is 2. The molecule has 8 heteroatoms. The Morgan fingerprint density at radius 2 is 1.80 bits per heavy atom. The average molecular weight is 423 g/mol. The van der Waals surface area contributed by atoms with Gasteiger partial charge >= 0.3 is 5.76 Å². The molecule has 154 valence electrons. The second kappa shape index (κ2) is 8.59. The zero-order chi connectivity index (χ0) is 20.3. The van der Waals surface area contributed by atoms with E-state index in [-0.39, 0.29) is 5.76 Å². The van der Waals surface area contributed by atoms with E-state index >= 15 is 0 Å². The minimum atomic E-state index is -0.322. The Hall–Kier alpha value is -2.68. The van der Waals surface area contributed by atoms with Crippen LogP contribution in [0.15, 0.2) is 62.8 Å². The van der Waals surface area contributed by atoms with Crippen molar-refractivity contribution in [2.75, 3.05) is 32.1 Å². The topological polar surface area (TPSA) is 73.4 Å². The molecule has 0 N–H and O–H groups in total. The van der Waals surface area contributed by atoms with Crippen LogP contribution in [0, 0.1) is 0 Å². The number of nitrogens with zero attached hydrogens (tertiary/aromatic N) is 4. The van der Waals surface area contributed by atoms with Crippen molar-refractivity contribution in [1.82, 2.24) is 19.4 Å². The van der Waals surface area contributed by atoms with E-state index in [2.05, 4.69) is 11.0 Å². The molecule has 0 unspecified atom stereocenters. The minimum Gasteiger partial charge on any atom is -0.408 e. The van der Waals surface area contributed by atoms with E-state index in [0.717, 1.165) is 53.6 Å². The van der Waals surface area contributed by atoms with Crippen LogP contribution in [0.2, 0.25) is 0 Å². The summed E-state index contributed by atoms with van der Waals surface area (Å²) >= 11 is 1.65. The largest absolute Gasteiger partial charge is 0.419 e. The molecule has 0 spiro atoms. The van der Waals surface area contributed by atoms with Crippen molar-refractivity contribution < 1.29 is 9.15 Å². The molecule has 0 bridgehead atoms. The summed E-state index contributed by atoms with van der Waals surface area (Å²) in [6.07, 6.45) is 0. The zero-order valence-electron chi connectivity index (χ0n) is 16.5. The molecule has 30 heavy (non-hydrogen) atoms. The van der Waals surface area contributed by atoms with Crippen molar-refractivity contribution in [2.24, 2.45) is 0 Å². The van der Waals surface area contributed by atoms with Crippen molar-refractivity contribution >= 4 is 33.8 Å². The lowest BCUT2D eigenvalue weighted by atomic mass is 10.2. The second-order valence-electron chi connectivity index (χ2n) is 7.19. The van der Waals surface area contributed by atoms with Crippen molar-refractivity contribution in [3.63, 3.8) is 0 Å². The molecule has 0 atom stereocenters. The summed E-state index contributed by atoms with van der Waals surface area (Å²) in [6, 6.07) is 15.6. The van der Waals surface area contributed by atoms with Gasteiger partial charge in [0.05, 0.1) is 30.8 Å². The van der Waals surface area contributed by atoms with Gasteiger partial charge < -0.3 is 9.15 Å². The van der Waals surface area contributed by atoms with E-state index in [1.807, 2.05) is 42.5 Å². The van der Waals surface area contributed by atoms with E-state index in [4.69, 9.17) is 19.1 Å². The maximum absolute atomic E-state index is 12.2. The molecule has 0 radical (unpaired) electrons. The highest BCUT2D eigenvalue weighted by molar-refractivity contribution is 7.99. The van der Waals surface area contributed by atoms with Crippen LogP contribution in [-0.4, -0.2) is 51.5 Å². The molecule has 3 heterocycles. The predicted molar refractivity (Wildman–Crippen MR) is 117 cm³/mol. The first-order valence-corrected chi connectivity index (χ1v) is 11.0. The SMILES string of the molecule is O=c1oc2ccccc2n1CCSc1nc(CN2CCOCC2)nc2ccccc12. The third-order valence-electron chi connectivity index (χ3n) is 5.21. The van der Waals surface area contributed by atoms with Crippen LogP contribution < -0.4 is 5.76 Å². The Morgan fingerprint density at radius 1 is 1.00 bits per heavy atom. The molecular weight excluding hydrogens is 400 g/mol. The standard InChI is InChI=1S/C22H22N4O3S/c27-22-26(18-7-3-4-8-19(18)29-22)11-14-30-21-16-5-1-2-6-17(16)23-20(24-21)15-25-9-12-28-13-10-25/h1-8H,9-15H2. The number of para-hydroxylation sites is 3. The Labute approximate surface area is 177 Å². The van der Waals surface area contributed by atoms with Crippen molar-refractivity contribution in [3.8, 4) is 0 Å². The maximum atomic E-state index is 12.2. The summed E-state index contributed by atoms with van der Waals surface area (Å²) < 4.78 is 12.5. The highest BCUT2D eigenvalue weighted by atomic mass is 32.2. The van der Waals surface area contributed by atoms with Gasteiger partial charge in [-0.25, -0.2) is 14.8 Å².